The lowest BCUT2D eigenvalue weighted by Crippen LogP contribution is -2.62. The molecule has 23 heavy (non-hydrogen) atoms. The van der Waals surface area contributed by atoms with E-state index < -0.39 is 5.54 Å². The minimum atomic E-state index is -0.406. The molecule has 2 rings (SSSR count). The number of rotatable bonds is 5. The minimum absolute atomic E-state index is 0.00969. The molecule has 2 amide bonds. The van der Waals surface area contributed by atoms with Crippen LogP contribution in [-0.4, -0.2) is 46.1 Å². The van der Waals surface area contributed by atoms with Gasteiger partial charge in [0.05, 0.1) is 24.6 Å². The summed E-state index contributed by atoms with van der Waals surface area (Å²) in [5.41, 5.74) is 1.91. The predicted molar refractivity (Wildman–Crippen MR) is 95.6 cm³/mol. The maximum atomic E-state index is 12.7. The van der Waals surface area contributed by atoms with E-state index in [1.807, 2.05) is 25.8 Å². The lowest BCUT2D eigenvalue weighted by atomic mass is 10.0. The molecule has 6 heteroatoms. The molecule has 0 spiro atoms. The van der Waals surface area contributed by atoms with E-state index in [9.17, 15) is 4.79 Å². The van der Waals surface area contributed by atoms with Gasteiger partial charge in [-0.25, -0.2) is 4.79 Å². The predicted octanol–water partition coefficient (Wildman–Crippen LogP) is 3.16. The number of hydrogen-bond acceptors (Lipinski definition) is 4. The summed E-state index contributed by atoms with van der Waals surface area (Å²) in [5, 5.41) is 0.963. The van der Waals surface area contributed by atoms with Crippen LogP contribution in [-0.2, 0) is 12.8 Å². The number of anilines is 1. The average molecular weight is 334 g/mol. The maximum absolute atomic E-state index is 12.7. The summed E-state index contributed by atoms with van der Waals surface area (Å²) in [6.07, 6.45) is 8.57. The van der Waals surface area contributed by atoms with Gasteiger partial charge in [0, 0.05) is 12.6 Å². The number of hydrogen-bond donors (Lipinski definition) is 0. The minimum Gasteiger partial charge on any atom is -0.314 e. The van der Waals surface area contributed by atoms with Gasteiger partial charge in [-0.2, -0.15) is 4.37 Å². The highest BCUT2D eigenvalue weighted by molar-refractivity contribution is 7.10. The van der Waals surface area contributed by atoms with Gasteiger partial charge in [-0.05, 0) is 38.2 Å². The van der Waals surface area contributed by atoms with Crippen molar-refractivity contribution in [1.82, 2.24) is 14.2 Å². The summed E-state index contributed by atoms with van der Waals surface area (Å²) in [6.45, 7) is 9.31. The number of urea groups is 1. The molecule has 2 heterocycles. The Morgan fingerprint density at radius 1 is 1.35 bits per heavy atom. The van der Waals surface area contributed by atoms with Crippen LogP contribution < -0.4 is 4.90 Å². The van der Waals surface area contributed by atoms with E-state index in [1.54, 1.807) is 4.90 Å². The molecule has 1 fully saturated rings. The van der Waals surface area contributed by atoms with Gasteiger partial charge in [0.25, 0.3) is 0 Å². The molecule has 0 aromatic carbocycles. The van der Waals surface area contributed by atoms with Crippen LogP contribution in [0.1, 0.15) is 45.4 Å². The summed E-state index contributed by atoms with van der Waals surface area (Å²) in [7, 11) is 1.81. The van der Waals surface area contributed by atoms with Crippen LogP contribution in [0.5, 0.6) is 0 Å². The first-order valence-corrected chi connectivity index (χ1v) is 8.85. The van der Waals surface area contributed by atoms with E-state index in [0.29, 0.717) is 13.3 Å². The summed E-state index contributed by atoms with van der Waals surface area (Å²) >= 11 is 1.42. The lowest BCUT2D eigenvalue weighted by molar-refractivity contribution is 0.0811. The third-order valence-electron chi connectivity index (χ3n) is 4.33. The number of amides is 2. The Balaban J connectivity index is 2.37. The van der Waals surface area contributed by atoms with Crippen LogP contribution in [0.2, 0.25) is 0 Å². The molecule has 1 aliphatic heterocycles. The average Bonchev–Trinajstić information content (AvgIpc) is 2.92. The van der Waals surface area contributed by atoms with Crippen LogP contribution in [0, 0.1) is 12.3 Å². The summed E-state index contributed by atoms with van der Waals surface area (Å²) < 4.78 is 4.59. The van der Waals surface area contributed by atoms with Crippen molar-refractivity contribution in [3.8, 4) is 12.3 Å². The smallest absolute Gasteiger partial charge is 0.314 e. The van der Waals surface area contributed by atoms with Crippen molar-refractivity contribution in [1.29, 1.82) is 0 Å². The number of carbonyl (C=O) groups excluding carboxylic acids is 1. The Hall–Kier alpha value is -1.58. The Bertz CT molecular complexity index is 617. The molecule has 0 unspecified atom stereocenters. The van der Waals surface area contributed by atoms with Crippen molar-refractivity contribution in [3.63, 3.8) is 0 Å². The zero-order chi connectivity index (χ0) is 17.2. The van der Waals surface area contributed by atoms with Crippen molar-refractivity contribution >= 4 is 22.6 Å². The van der Waals surface area contributed by atoms with Crippen molar-refractivity contribution in [2.24, 2.45) is 0 Å². The maximum Gasteiger partial charge on any atom is 0.327 e. The number of aromatic nitrogens is 1. The molecular weight excluding hydrogens is 308 g/mol. The first-order chi connectivity index (χ1) is 10.9. The van der Waals surface area contributed by atoms with E-state index >= 15 is 0 Å². The van der Waals surface area contributed by atoms with Crippen LogP contribution in [0.3, 0.4) is 0 Å². The molecule has 0 bridgehead atoms. The van der Waals surface area contributed by atoms with Gasteiger partial charge in [0.15, 0.2) is 0 Å². The second kappa shape index (κ2) is 6.90. The van der Waals surface area contributed by atoms with Crippen molar-refractivity contribution < 1.29 is 4.79 Å². The molecule has 1 aromatic rings. The number of nitrogens with zero attached hydrogens (tertiary/aromatic N) is 4. The standard InChI is InChI=1S/C17H26N4OS/c1-7-10-14-13(8-2)15(23-18-14)21-12-20(17(4,5)9-3)11-19(6)16(21)22/h3H,7-8,10-12H2,1-2,4-6H3. The van der Waals surface area contributed by atoms with E-state index in [4.69, 9.17) is 6.42 Å². The summed E-state index contributed by atoms with van der Waals surface area (Å²) in [4.78, 5) is 18.3. The quantitative estimate of drug-likeness (QED) is 0.777. The van der Waals surface area contributed by atoms with Gasteiger partial charge >= 0.3 is 6.03 Å². The normalized spacial score (nSPS) is 16.8. The third kappa shape index (κ3) is 3.36. The van der Waals surface area contributed by atoms with Crippen molar-refractivity contribution in [3.05, 3.63) is 11.3 Å². The Kier molecular flexibility index (Phi) is 5.33. The molecule has 0 aliphatic carbocycles. The van der Waals surface area contributed by atoms with E-state index in [1.165, 1.54) is 17.1 Å². The Morgan fingerprint density at radius 2 is 2.04 bits per heavy atom. The second-order valence-corrected chi connectivity index (χ2v) is 7.20. The second-order valence-electron chi connectivity index (χ2n) is 6.45. The molecule has 1 aliphatic rings. The fourth-order valence-corrected chi connectivity index (χ4v) is 3.73. The molecule has 1 saturated heterocycles. The van der Waals surface area contributed by atoms with Gasteiger partial charge in [0.2, 0.25) is 0 Å². The largest absolute Gasteiger partial charge is 0.327 e. The number of terminal acetylenes is 1. The van der Waals surface area contributed by atoms with Gasteiger partial charge < -0.3 is 4.90 Å². The van der Waals surface area contributed by atoms with Crippen LogP contribution in [0.15, 0.2) is 0 Å². The third-order valence-corrected chi connectivity index (χ3v) is 5.28. The van der Waals surface area contributed by atoms with Gasteiger partial charge in [0.1, 0.15) is 5.00 Å². The van der Waals surface area contributed by atoms with E-state index in [-0.39, 0.29) is 6.03 Å². The first-order valence-electron chi connectivity index (χ1n) is 8.08. The molecule has 0 N–H and O–H groups in total. The van der Waals surface area contributed by atoms with Crippen molar-refractivity contribution in [2.75, 3.05) is 25.3 Å². The highest BCUT2D eigenvalue weighted by Gasteiger charge is 2.37. The van der Waals surface area contributed by atoms with Crippen molar-refractivity contribution in [2.45, 2.75) is 52.5 Å². The fraction of sp³-hybridized carbons (Fsp3) is 0.647. The summed E-state index contributed by atoms with van der Waals surface area (Å²) in [6, 6.07) is 0.00969. The van der Waals surface area contributed by atoms with E-state index in [2.05, 4.69) is 29.0 Å². The summed E-state index contributed by atoms with van der Waals surface area (Å²) in [5.74, 6) is 2.82. The SMILES string of the molecule is C#CC(C)(C)N1CN(C)C(=O)N(c2snc(CCC)c2CC)C1. The van der Waals surface area contributed by atoms with Crippen LogP contribution >= 0.6 is 11.5 Å². The monoisotopic (exact) mass is 334 g/mol. The molecule has 0 saturated carbocycles. The Labute approximate surface area is 143 Å². The highest BCUT2D eigenvalue weighted by Crippen LogP contribution is 2.33. The van der Waals surface area contributed by atoms with Crippen LogP contribution in [0.4, 0.5) is 9.80 Å². The first kappa shape index (κ1) is 17.8. The lowest BCUT2D eigenvalue weighted by Gasteiger charge is -2.45. The fourth-order valence-electron chi connectivity index (χ4n) is 2.73. The molecule has 0 atom stereocenters. The number of aryl methyl sites for hydroxylation is 1. The topological polar surface area (TPSA) is 39.7 Å². The molecule has 1 aromatic heterocycles. The molecular formula is C17H26N4OS. The highest BCUT2D eigenvalue weighted by atomic mass is 32.1. The number of carbonyl (C=O) groups is 1. The molecule has 126 valence electrons. The molecule has 0 radical (unpaired) electrons. The van der Waals surface area contributed by atoms with Gasteiger partial charge in [-0.1, -0.05) is 26.2 Å². The Morgan fingerprint density at radius 3 is 2.61 bits per heavy atom. The molecule has 5 nitrogen and oxygen atoms in total. The van der Waals surface area contributed by atoms with Gasteiger partial charge in [-0.15, -0.1) is 6.42 Å². The van der Waals surface area contributed by atoms with Gasteiger partial charge in [-0.3, -0.25) is 9.80 Å². The zero-order valence-corrected chi connectivity index (χ0v) is 15.5. The van der Waals surface area contributed by atoms with E-state index in [0.717, 1.165) is 30.0 Å². The van der Waals surface area contributed by atoms with Crippen LogP contribution in [0.25, 0.3) is 0 Å². The zero-order valence-electron chi connectivity index (χ0n) is 14.7.